The minimum Gasteiger partial charge on any atom is -0.660 e. The number of hydrogen-bond acceptors (Lipinski definition) is 1. The summed E-state index contributed by atoms with van der Waals surface area (Å²) in [5.41, 5.74) is 0.321. The molecular weight excluding hydrogens is 323 g/mol. The molecule has 0 rings (SSSR count). The number of rotatable bonds is 7. The van der Waals surface area contributed by atoms with Gasteiger partial charge in [-0.3, -0.25) is 0 Å². The van der Waals surface area contributed by atoms with Crippen molar-refractivity contribution in [1.82, 2.24) is 0 Å². The first-order chi connectivity index (χ1) is 8.12. The third-order valence-corrected chi connectivity index (χ3v) is 2.55. The fourth-order valence-electron chi connectivity index (χ4n) is 1.30. The molecule has 0 aromatic heterocycles. The van der Waals surface area contributed by atoms with Crippen LogP contribution in [0.25, 0.3) is 5.32 Å². The second-order valence-electron chi connectivity index (χ2n) is 6.67. The molecule has 0 saturated heterocycles. The van der Waals surface area contributed by atoms with Gasteiger partial charge in [0.2, 0.25) is 0 Å². The molecule has 2 nitrogen and oxygen atoms in total. The van der Waals surface area contributed by atoms with Gasteiger partial charge in [-0.1, -0.05) is 48.5 Å². The maximum Gasteiger partial charge on any atom is 1.00 e. The minimum atomic E-state index is -0.0381. The fraction of sp³-hybridized carbons (Fsp3) is 1.00. The average molecular weight is 360 g/mol. The van der Waals surface area contributed by atoms with Crippen LogP contribution < -0.4 is 0 Å². The van der Waals surface area contributed by atoms with Gasteiger partial charge in [0.1, 0.15) is 0 Å². The summed E-state index contributed by atoms with van der Waals surface area (Å²) >= 11 is 0. The van der Waals surface area contributed by atoms with Crippen LogP contribution >= 0.6 is 0 Å². The molecule has 0 fully saturated rings. The van der Waals surface area contributed by atoms with Crippen LogP contribution in [-0.2, 0) is 24.2 Å². The molecule has 0 aliphatic rings. The molecule has 0 bridgehead atoms. The summed E-state index contributed by atoms with van der Waals surface area (Å²) in [4.78, 5) is 0. The van der Waals surface area contributed by atoms with Gasteiger partial charge in [0, 0.05) is 6.61 Å². The first-order valence-corrected chi connectivity index (χ1v) is 7.43. The van der Waals surface area contributed by atoms with Crippen LogP contribution in [0.4, 0.5) is 0 Å². The minimum absolute atomic E-state index is 0. The van der Waals surface area contributed by atoms with Crippen molar-refractivity contribution in [2.75, 3.05) is 13.2 Å². The van der Waals surface area contributed by atoms with E-state index >= 15 is 0 Å². The predicted molar refractivity (Wildman–Crippen MR) is 83.4 cm³/mol. The van der Waals surface area contributed by atoms with Gasteiger partial charge in [-0.05, 0) is 32.1 Å². The van der Waals surface area contributed by atoms with Crippen molar-refractivity contribution in [3.63, 3.8) is 0 Å². The summed E-state index contributed by atoms with van der Waals surface area (Å²) in [6.07, 6.45) is 2.12. The first-order valence-electron chi connectivity index (χ1n) is 7.43. The van der Waals surface area contributed by atoms with E-state index in [9.17, 15) is 0 Å². The van der Waals surface area contributed by atoms with Crippen LogP contribution in [0.15, 0.2) is 0 Å². The van der Waals surface area contributed by atoms with Crippen molar-refractivity contribution >= 4 is 0 Å². The molecule has 0 amide bonds. The van der Waals surface area contributed by atoms with Gasteiger partial charge < -0.3 is 10.1 Å². The summed E-state index contributed by atoms with van der Waals surface area (Å²) in [5.74, 6) is 0. The molecule has 1 radical (unpaired) electrons. The SMILES string of the molecule is CC.CC(C)[N-]CCC(C)(C)OCCC(C)(C)C.[Ru+]. The normalized spacial score (nSPS) is 11.7. The molecule has 0 unspecified atom stereocenters. The molecule has 0 N–H and O–H groups in total. The van der Waals surface area contributed by atoms with E-state index < -0.39 is 0 Å². The van der Waals surface area contributed by atoms with Crippen molar-refractivity contribution < 1.29 is 24.2 Å². The first kappa shape index (κ1) is 24.6. The third kappa shape index (κ3) is 21.0. The molecule has 0 atom stereocenters. The standard InChI is InChI=1S/C14H30NO.C2H6.Ru/c1-12(2)15-10-8-14(6,7)16-11-9-13(3,4)5;1-2;/h12H,8-11H2,1-7H3;1-2H3;/q-1;;+1. The van der Waals surface area contributed by atoms with E-state index in [1.165, 1.54) is 0 Å². The second-order valence-corrected chi connectivity index (χ2v) is 6.67. The Morgan fingerprint density at radius 1 is 0.947 bits per heavy atom. The van der Waals surface area contributed by atoms with E-state index in [1.54, 1.807) is 0 Å². The van der Waals surface area contributed by atoms with Crippen molar-refractivity contribution in [2.45, 2.75) is 86.8 Å². The van der Waals surface area contributed by atoms with Crippen LogP contribution in [0, 0.1) is 5.41 Å². The Hall–Kier alpha value is 0.543. The van der Waals surface area contributed by atoms with Gasteiger partial charge in [0.05, 0.1) is 5.60 Å². The summed E-state index contributed by atoms with van der Waals surface area (Å²) in [6, 6.07) is 0.436. The Labute approximate surface area is 135 Å². The van der Waals surface area contributed by atoms with E-state index in [2.05, 4.69) is 53.8 Å². The van der Waals surface area contributed by atoms with Gasteiger partial charge >= 0.3 is 19.5 Å². The Bertz CT molecular complexity index is 186. The summed E-state index contributed by atoms with van der Waals surface area (Å²) in [6.45, 7) is 21.0. The van der Waals surface area contributed by atoms with Crippen LogP contribution in [-0.4, -0.2) is 24.8 Å². The van der Waals surface area contributed by atoms with Crippen LogP contribution in [0.5, 0.6) is 0 Å². The zero-order chi connectivity index (χ0) is 14.8. The molecule has 0 heterocycles. The molecular formula is C16H36NORu. The van der Waals surface area contributed by atoms with Crippen molar-refractivity contribution in [3.05, 3.63) is 5.32 Å². The van der Waals surface area contributed by atoms with Crippen molar-refractivity contribution in [1.29, 1.82) is 0 Å². The Morgan fingerprint density at radius 2 is 1.42 bits per heavy atom. The fourth-order valence-corrected chi connectivity index (χ4v) is 1.30. The van der Waals surface area contributed by atoms with Crippen LogP contribution in [0.3, 0.4) is 0 Å². The molecule has 0 aromatic rings. The Balaban J connectivity index is -0.000000809. The number of ether oxygens (including phenoxy) is 1. The molecule has 19 heavy (non-hydrogen) atoms. The molecule has 0 aliphatic carbocycles. The maximum absolute atomic E-state index is 5.93. The van der Waals surface area contributed by atoms with Gasteiger partial charge in [0.15, 0.2) is 0 Å². The van der Waals surface area contributed by atoms with Crippen molar-refractivity contribution in [3.8, 4) is 0 Å². The monoisotopic (exact) mass is 360 g/mol. The summed E-state index contributed by atoms with van der Waals surface area (Å²) < 4.78 is 5.93. The molecule has 0 spiro atoms. The number of nitrogens with zero attached hydrogens (tertiary/aromatic N) is 1. The molecule has 119 valence electrons. The van der Waals surface area contributed by atoms with Gasteiger partial charge in [-0.15, -0.1) is 12.6 Å². The van der Waals surface area contributed by atoms with E-state index in [0.717, 1.165) is 26.0 Å². The van der Waals surface area contributed by atoms with Gasteiger partial charge in [0.25, 0.3) is 0 Å². The van der Waals surface area contributed by atoms with Crippen LogP contribution in [0.2, 0.25) is 0 Å². The topological polar surface area (TPSA) is 23.3 Å². The maximum atomic E-state index is 5.93. The molecule has 0 saturated carbocycles. The second kappa shape index (κ2) is 12.3. The van der Waals surface area contributed by atoms with E-state index in [0.29, 0.717) is 11.5 Å². The number of hydrogen-bond donors (Lipinski definition) is 0. The van der Waals surface area contributed by atoms with Gasteiger partial charge in [-0.25, -0.2) is 0 Å². The third-order valence-electron chi connectivity index (χ3n) is 2.55. The predicted octanol–water partition coefficient (Wildman–Crippen LogP) is 5.41. The zero-order valence-electron chi connectivity index (χ0n) is 14.6. The zero-order valence-corrected chi connectivity index (χ0v) is 16.4. The van der Waals surface area contributed by atoms with Crippen molar-refractivity contribution in [2.24, 2.45) is 5.41 Å². The Morgan fingerprint density at radius 3 is 1.79 bits per heavy atom. The van der Waals surface area contributed by atoms with E-state index in [1.807, 2.05) is 13.8 Å². The molecule has 3 heteroatoms. The molecule has 0 aromatic carbocycles. The summed E-state index contributed by atoms with van der Waals surface area (Å²) in [7, 11) is 0. The van der Waals surface area contributed by atoms with E-state index in [-0.39, 0.29) is 25.1 Å². The van der Waals surface area contributed by atoms with Gasteiger partial charge in [-0.2, -0.15) is 0 Å². The van der Waals surface area contributed by atoms with Crippen LogP contribution in [0.1, 0.15) is 75.2 Å². The smallest absolute Gasteiger partial charge is 0.660 e. The Kier molecular flexibility index (Phi) is 15.9. The summed E-state index contributed by atoms with van der Waals surface area (Å²) in [5, 5.41) is 4.49. The largest absolute Gasteiger partial charge is 1.00 e. The molecule has 0 aliphatic heterocycles. The average Bonchev–Trinajstić information content (AvgIpc) is 2.17. The quantitative estimate of drug-likeness (QED) is 0.557. The van der Waals surface area contributed by atoms with E-state index in [4.69, 9.17) is 4.74 Å².